The highest BCUT2D eigenvalue weighted by Crippen LogP contribution is 2.46. The number of halogens is 4. The summed E-state index contributed by atoms with van der Waals surface area (Å²) in [5.74, 6) is 0. The number of nitrogens with zero attached hydrogens (tertiary/aromatic N) is 4. The number of benzene rings is 3. The van der Waals surface area contributed by atoms with Crippen LogP contribution in [0.15, 0.2) is 60.7 Å². The van der Waals surface area contributed by atoms with Crippen molar-refractivity contribution in [2.45, 2.75) is 21.5 Å². The summed E-state index contributed by atoms with van der Waals surface area (Å²) < 4.78 is 0. The fraction of sp³-hybridized carbons (Fsp3) is 0.182. The van der Waals surface area contributed by atoms with Gasteiger partial charge in [-0.05, 0) is 23.3 Å². The number of hydrogen-bond acceptors (Lipinski definition) is 8. The van der Waals surface area contributed by atoms with Crippen LogP contribution in [0.5, 0.6) is 0 Å². The van der Waals surface area contributed by atoms with Crippen molar-refractivity contribution in [1.29, 1.82) is 0 Å². The molecule has 0 unspecified atom stereocenters. The van der Waals surface area contributed by atoms with Gasteiger partial charge in [0, 0.05) is 12.1 Å². The van der Waals surface area contributed by atoms with E-state index in [4.69, 9.17) is 46.4 Å². The SMILES string of the molecule is O=[N+]([O-])c1ccc([C@@H](Cl)[C@H](Cl)c2ccc([C@H](Cl)[C@H](Cl)c3ccc([N+](=O)[O-])cc3[N+](=O)[O-])cc2)c([N+](=O)[O-])c1. The minimum absolute atomic E-state index is 0.0205. The molecule has 4 atom stereocenters. The van der Waals surface area contributed by atoms with Gasteiger partial charge in [-0.1, -0.05) is 24.3 Å². The molecular weight excluding hydrogens is 590 g/mol. The zero-order valence-corrected chi connectivity index (χ0v) is 21.7. The number of nitro benzene ring substituents is 4. The van der Waals surface area contributed by atoms with Crippen LogP contribution in [0.1, 0.15) is 43.8 Å². The first-order valence-electron chi connectivity index (χ1n) is 10.3. The molecule has 0 heterocycles. The summed E-state index contributed by atoms with van der Waals surface area (Å²) in [5.41, 5.74) is -1.25. The maximum Gasteiger partial charge on any atom is 0.281 e. The highest BCUT2D eigenvalue weighted by molar-refractivity contribution is 6.31. The Morgan fingerprint density at radius 1 is 0.474 bits per heavy atom. The summed E-state index contributed by atoms with van der Waals surface area (Å²) in [6.45, 7) is 0. The van der Waals surface area contributed by atoms with Crippen LogP contribution in [0.25, 0.3) is 0 Å². The Labute approximate surface area is 233 Å². The average molecular weight is 604 g/mol. The van der Waals surface area contributed by atoms with E-state index in [1.165, 1.54) is 36.4 Å². The van der Waals surface area contributed by atoms with E-state index in [2.05, 4.69) is 0 Å². The van der Waals surface area contributed by atoms with Gasteiger partial charge in [-0.3, -0.25) is 40.5 Å². The van der Waals surface area contributed by atoms with E-state index in [9.17, 15) is 40.5 Å². The quantitative estimate of drug-likeness (QED) is 0.128. The molecule has 0 bridgehead atoms. The number of hydrogen-bond donors (Lipinski definition) is 0. The maximum absolute atomic E-state index is 11.5. The number of rotatable bonds is 10. The Morgan fingerprint density at radius 2 is 0.789 bits per heavy atom. The standard InChI is InChI=1S/C22H14Cl4N4O8/c23-19(21(25)15-7-5-13(27(31)32)9-17(15)29(35)36)11-1-2-12(4-3-11)20(24)22(26)16-8-6-14(28(33)34)10-18(16)30(37)38/h1-10,19-22H/t19-,20+,21-,22-/m1/s1. The maximum atomic E-state index is 11.5. The summed E-state index contributed by atoms with van der Waals surface area (Å²) in [4.78, 5) is 41.7. The van der Waals surface area contributed by atoms with Gasteiger partial charge in [0.15, 0.2) is 0 Å². The predicted molar refractivity (Wildman–Crippen MR) is 140 cm³/mol. The van der Waals surface area contributed by atoms with Gasteiger partial charge in [0.25, 0.3) is 22.7 Å². The lowest BCUT2D eigenvalue weighted by Crippen LogP contribution is -2.06. The summed E-state index contributed by atoms with van der Waals surface area (Å²) >= 11 is 25.8. The second-order valence-electron chi connectivity index (χ2n) is 7.79. The third-order valence-corrected chi connectivity index (χ3v) is 7.76. The third-order valence-electron chi connectivity index (χ3n) is 5.52. The monoisotopic (exact) mass is 602 g/mol. The van der Waals surface area contributed by atoms with Crippen molar-refractivity contribution in [3.63, 3.8) is 0 Å². The van der Waals surface area contributed by atoms with Gasteiger partial charge in [-0.15, -0.1) is 46.4 Å². The molecule has 198 valence electrons. The number of alkyl halides is 4. The molecule has 0 aliphatic heterocycles. The number of non-ortho nitro benzene ring substituents is 2. The van der Waals surface area contributed by atoms with Crippen molar-refractivity contribution in [2.75, 3.05) is 0 Å². The van der Waals surface area contributed by atoms with E-state index in [1.54, 1.807) is 0 Å². The van der Waals surface area contributed by atoms with Crippen molar-refractivity contribution >= 4 is 69.2 Å². The predicted octanol–water partition coefficient (Wildman–Crippen LogP) is 7.84. The molecule has 0 amide bonds. The Morgan fingerprint density at radius 3 is 1.05 bits per heavy atom. The van der Waals surface area contributed by atoms with Crippen LogP contribution in [-0.4, -0.2) is 19.7 Å². The van der Waals surface area contributed by atoms with Gasteiger partial charge in [0.1, 0.15) is 0 Å². The highest BCUT2D eigenvalue weighted by Gasteiger charge is 2.32. The Balaban J connectivity index is 1.86. The third kappa shape index (κ3) is 6.10. The van der Waals surface area contributed by atoms with E-state index >= 15 is 0 Å². The second kappa shape index (κ2) is 11.9. The molecule has 3 aromatic rings. The summed E-state index contributed by atoms with van der Waals surface area (Å²) in [5, 5.41) is 40.6. The van der Waals surface area contributed by atoms with Crippen LogP contribution in [0, 0.1) is 40.5 Å². The van der Waals surface area contributed by atoms with Crippen LogP contribution in [0.3, 0.4) is 0 Å². The molecule has 0 saturated carbocycles. The first kappa shape index (κ1) is 29.0. The molecule has 0 spiro atoms. The van der Waals surface area contributed by atoms with Crippen LogP contribution in [-0.2, 0) is 0 Å². The lowest BCUT2D eigenvalue weighted by Gasteiger charge is -2.20. The molecule has 3 rings (SSSR count). The van der Waals surface area contributed by atoms with E-state index in [1.807, 2.05) is 0 Å². The van der Waals surface area contributed by atoms with Gasteiger partial charge in [-0.25, -0.2) is 0 Å². The molecule has 0 aliphatic carbocycles. The Hall–Kier alpha value is -3.58. The van der Waals surface area contributed by atoms with E-state index < -0.39 is 64.0 Å². The fourth-order valence-electron chi connectivity index (χ4n) is 3.59. The van der Waals surface area contributed by atoms with Crippen LogP contribution < -0.4 is 0 Å². The Kier molecular flexibility index (Phi) is 9.05. The summed E-state index contributed by atoms with van der Waals surface area (Å²) in [6.07, 6.45) is 0. The molecule has 38 heavy (non-hydrogen) atoms. The summed E-state index contributed by atoms with van der Waals surface area (Å²) in [6, 6.07) is 12.2. The molecule has 16 heteroatoms. The van der Waals surface area contributed by atoms with Crippen molar-refractivity contribution < 1.29 is 19.7 Å². The van der Waals surface area contributed by atoms with Crippen LogP contribution in [0.2, 0.25) is 0 Å². The highest BCUT2D eigenvalue weighted by atomic mass is 35.5. The van der Waals surface area contributed by atoms with E-state index in [0.29, 0.717) is 11.1 Å². The van der Waals surface area contributed by atoms with Gasteiger partial charge in [0.05, 0.1) is 64.5 Å². The number of nitro groups is 4. The van der Waals surface area contributed by atoms with E-state index in [0.717, 1.165) is 24.3 Å². The molecule has 0 fully saturated rings. The first-order valence-corrected chi connectivity index (χ1v) is 12.1. The van der Waals surface area contributed by atoms with Gasteiger partial charge in [0.2, 0.25) is 0 Å². The molecule has 0 aromatic heterocycles. The average Bonchev–Trinajstić information content (AvgIpc) is 2.90. The zero-order chi connectivity index (χ0) is 28.3. The van der Waals surface area contributed by atoms with E-state index in [-0.39, 0.29) is 11.1 Å². The van der Waals surface area contributed by atoms with Crippen LogP contribution in [0.4, 0.5) is 22.7 Å². The van der Waals surface area contributed by atoms with Crippen molar-refractivity contribution in [1.82, 2.24) is 0 Å². The van der Waals surface area contributed by atoms with Crippen molar-refractivity contribution in [3.8, 4) is 0 Å². The van der Waals surface area contributed by atoms with Gasteiger partial charge < -0.3 is 0 Å². The Bertz CT molecular complexity index is 1320. The van der Waals surface area contributed by atoms with Gasteiger partial charge in [-0.2, -0.15) is 0 Å². The molecule has 12 nitrogen and oxygen atoms in total. The fourth-order valence-corrected chi connectivity index (χ4v) is 4.81. The minimum atomic E-state index is -1.14. The van der Waals surface area contributed by atoms with Crippen molar-refractivity contribution in [3.05, 3.63) is 123 Å². The lowest BCUT2D eigenvalue weighted by atomic mass is 9.97. The molecule has 0 N–H and O–H groups in total. The lowest BCUT2D eigenvalue weighted by molar-refractivity contribution is -0.394. The molecule has 0 aliphatic rings. The summed E-state index contributed by atoms with van der Waals surface area (Å²) in [7, 11) is 0. The molecule has 0 radical (unpaired) electrons. The topological polar surface area (TPSA) is 173 Å². The smallest absolute Gasteiger partial charge is 0.258 e. The van der Waals surface area contributed by atoms with Crippen molar-refractivity contribution in [2.24, 2.45) is 0 Å². The second-order valence-corrected chi connectivity index (χ2v) is 9.67. The molecule has 3 aromatic carbocycles. The zero-order valence-electron chi connectivity index (χ0n) is 18.6. The van der Waals surface area contributed by atoms with Gasteiger partial charge >= 0.3 is 0 Å². The molecule has 0 saturated heterocycles. The normalized spacial score (nSPS) is 14.2. The first-order chi connectivity index (χ1) is 17.8. The molecular formula is C22H14Cl4N4O8. The van der Waals surface area contributed by atoms with Crippen LogP contribution >= 0.6 is 46.4 Å². The largest absolute Gasteiger partial charge is 0.281 e. The minimum Gasteiger partial charge on any atom is -0.258 e.